The first-order valence-electron chi connectivity index (χ1n) is 12.9. The van der Waals surface area contributed by atoms with Crippen molar-refractivity contribution < 1.29 is 9.76 Å². The van der Waals surface area contributed by atoms with E-state index in [1.807, 2.05) is 83.8 Å². The van der Waals surface area contributed by atoms with Crippen LogP contribution in [0.4, 0.5) is 17.1 Å². The fourth-order valence-electron chi connectivity index (χ4n) is 5.34. The molecule has 202 valence electrons. The summed E-state index contributed by atoms with van der Waals surface area (Å²) in [6.45, 7) is 0. The Balaban J connectivity index is 1.37. The van der Waals surface area contributed by atoms with Gasteiger partial charge in [0.25, 0.3) is 5.69 Å². The molecule has 11 heteroatoms. The molecule has 0 saturated carbocycles. The molecule has 1 aromatic heterocycles. The molecule has 2 aliphatic rings. The molecular formula is C30H22ClN7O3. The Labute approximate surface area is 239 Å². The van der Waals surface area contributed by atoms with Crippen LogP contribution in [0.3, 0.4) is 0 Å². The molecule has 41 heavy (non-hydrogen) atoms. The molecular weight excluding hydrogens is 542 g/mol. The molecule has 2 atom stereocenters. The maximum atomic E-state index is 11.3. The number of amidine groups is 1. The maximum Gasteiger partial charge on any atom is 0.269 e. The Kier molecular flexibility index (Phi) is 5.90. The average Bonchev–Trinajstić information content (AvgIpc) is 3.61. The third-order valence-corrected chi connectivity index (χ3v) is 7.55. The van der Waals surface area contributed by atoms with Gasteiger partial charge < -0.3 is 10.2 Å². The second-order valence-corrected chi connectivity index (χ2v) is 10.2. The molecule has 5 aromatic rings. The number of aromatic nitrogens is 3. The highest BCUT2D eigenvalue weighted by Crippen LogP contribution is 2.51. The van der Waals surface area contributed by atoms with Crippen LogP contribution in [0.5, 0.6) is 0 Å². The zero-order valence-corrected chi connectivity index (χ0v) is 22.2. The summed E-state index contributed by atoms with van der Waals surface area (Å²) in [7, 11) is 0. The lowest BCUT2D eigenvalue weighted by molar-refractivity contribution is -0.384. The van der Waals surface area contributed by atoms with Crippen LogP contribution in [-0.2, 0) is 10.6 Å². The number of hydrogen-bond donors (Lipinski definition) is 1. The van der Waals surface area contributed by atoms with Crippen molar-refractivity contribution in [3.05, 3.63) is 141 Å². The number of fused-ring (bicyclic) bond motifs is 3. The standard InChI is InChI=1S/C30H22ClN7O3/c31-22-14-12-21(13-15-22)30-18-26(27-19-32-37(34-27)23-6-2-1-3-7-23)33-25-8-4-5-9-28(25)36(30)29(35-41-30)20-10-16-24(17-11-20)38(39)40/h1-17,19,26,33H,18H2. The molecule has 0 fully saturated rings. The summed E-state index contributed by atoms with van der Waals surface area (Å²) in [4.78, 5) is 21.0. The van der Waals surface area contributed by atoms with Crippen LogP contribution in [0.25, 0.3) is 5.69 Å². The normalized spacial score (nSPS) is 19.3. The first-order chi connectivity index (χ1) is 20.0. The third kappa shape index (κ3) is 4.25. The van der Waals surface area contributed by atoms with Crippen molar-refractivity contribution in [2.75, 3.05) is 10.2 Å². The molecule has 7 rings (SSSR count). The van der Waals surface area contributed by atoms with Gasteiger partial charge in [-0.15, -0.1) is 0 Å². The zero-order valence-electron chi connectivity index (χ0n) is 21.5. The highest BCUT2D eigenvalue weighted by atomic mass is 35.5. The van der Waals surface area contributed by atoms with Gasteiger partial charge in [0.15, 0.2) is 5.84 Å². The first-order valence-corrected chi connectivity index (χ1v) is 13.3. The minimum Gasteiger partial charge on any atom is -0.375 e. The van der Waals surface area contributed by atoms with E-state index in [0.29, 0.717) is 22.8 Å². The summed E-state index contributed by atoms with van der Waals surface area (Å²) in [6.07, 6.45) is 2.16. The minimum atomic E-state index is -1.09. The second-order valence-electron chi connectivity index (χ2n) is 9.75. The van der Waals surface area contributed by atoms with Crippen LogP contribution in [0.1, 0.15) is 29.3 Å². The monoisotopic (exact) mass is 563 g/mol. The number of nitrogens with one attached hydrogen (secondary N) is 1. The number of para-hydroxylation sites is 3. The summed E-state index contributed by atoms with van der Waals surface area (Å²) in [5.41, 5.74) is 3.67. The Morgan fingerprint density at radius 3 is 2.44 bits per heavy atom. The van der Waals surface area contributed by atoms with Crippen LogP contribution < -0.4 is 10.2 Å². The Bertz CT molecular complexity index is 1770. The van der Waals surface area contributed by atoms with Gasteiger partial charge in [-0.3, -0.25) is 15.0 Å². The number of oxime groups is 1. The molecule has 0 radical (unpaired) electrons. The molecule has 2 aliphatic heterocycles. The molecule has 0 amide bonds. The maximum absolute atomic E-state index is 11.3. The van der Waals surface area contributed by atoms with Gasteiger partial charge in [-0.25, -0.2) is 0 Å². The largest absolute Gasteiger partial charge is 0.375 e. The number of nitro groups is 1. The van der Waals surface area contributed by atoms with Crippen LogP contribution in [0.15, 0.2) is 114 Å². The lowest BCUT2D eigenvalue weighted by atomic mass is 9.92. The number of rotatable bonds is 5. The zero-order chi connectivity index (χ0) is 28.0. The van der Waals surface area contributed by atoms with Gasteiger partial charge in [-0.1, -0.05) is 59.2 Å². The van der Waals surface area contributed by atoms with Gasteiger partial charge in [0.05, 0.1) is 34.2 Å². The molecule has 3 heterocycles. The smallest absolute Gasteiger partial charge is 0.269 e. The SMILES string of the molecule is O=[N+]([O-])c1ccc(C2=NOC3(c4ccc(Cl)cc4)CC(c4cnn(-c5ccccc5)n4)Nc4ccccc4N23)cc1. The van der Waals surface area contributed by atoms with E-state index in [2.05, 4.69) is 15.6 Å². The van der Waals surface area contributed by atoms with Crippen LogP contribution in [0, 0.1) is 10.1 Å². The van der Waals surface area contributed by atoms with Crippen molar-refractivity contribution in [2.24, 2.45) is 5.16 Å². The molecule has 0 saturated heterocycles. The summed E-state index contributed by atoms with van der Waals surface area (Å²) < 4.78 is 0. The number of non-ortho nitro benzene ring substituents is 1. The Hall–Kier alpha value is -5.22. The fourth-order valence-corrected chi connectivity index (χ4v) is 5.46. The molecule has 0 aliphatic carbocycles. The van der Waals surface area contributed by atoms with Crippen molar-refractivity contribution in [3.8, 4) is 5.69 Å². The second kappa shape index (κ2) is 9.76. The van der Waals surface area contributed by atoms with Crippen LogP contribution >= 0.6 is 11.6 Å². The quantitative estimate of drug-likeness (QED) is 0.193. The van der Waals surface area contributed by atoms with Gasteiger partial charge in [0, 0.05) is 34.7 Å². The highest BCUT2D eigenvalue weighted by Gasteiger charge is 2.53. The predicted molar refractivity (Wildman–Crippen MR) is 155 cm³/mol. The topological polar surface area (TPSA) is 111 Å². The van der Waals surface area contributed by atoms with E-state index in [0.717, 1.165) is 28.3 Å². The van der Waals surface area contributed by atoms with E-state index in [9.17, 15) is 10.1 Å². The summed E-state index contributed by atoms with van der Waals surface area (Å²) in [5.74, 6) is 0.526. The van der Waals surface area contributed by atoms with Crippen molar-refractivity contribution in [1.29, 1.82) is 0 Å². The number of nitro benzene ring substituents is 1. The minimum absolute atomic E-state index is 0.00303. The lowest BCUT2D eigenvalue weighted by Crippen LogP contribution is -2.47. The van der Waals surface area contributed by atoms with Crippen molar-refractivity contribution >= 4 is 34.5 Å². The number of anilines is 2. The number of nitrogens with zero attached hydrogens (tertiary/aromatic N) is 6. The predicted octanol–water partition coefficient (Wildman–Crippen LogP) is 6.44. The summed E-state index contributed by atoms with van der Waals surface area (Å²) in [6, 6.07) is 31.1. The summed E-state index contributed by atoms with van der Waals surface area (Å²) >= 11 is 6.28. The molecule has 1 N–H and O–H groups in total. The van der Waals surface area contributed by atoms with E-state index in [1.54, 1.807) is 23.1 Å². The van der Waals surface area contributed by atoms with E-state index in [4.69, 9.17) is 21.5 Å². The number of halogens is 1. The average molecular weight is 564 g/mol. The van der Waals surface area contributed by atoms with E-state index >= 15 is 0 Å². The third-order valence-electron chi connectivity index (χ3n) is 7.30. The van der Waals surface area contributed by atoms with Gasteiger partial charge in [0.2, 0.25) is 5.72 Å². The number of hydrogen-bond acceptors (Lipinski definition) is 8. The van der Waals surface area contributed by atoms with Gasteiger partial charge >= 0.3 is 0 Å². The molecule has 2 unspecified atom stereocenters. The van der Waals surface area contributed by atoms with Crippen molar-refractivity contribution in [2.45, 2.75) is 18.2 Å². The van der Waals surface area contributed by atoms with Crippen molar-refractivity contribution in [1.82, 2.24) is 15.0 Å². The van der Waals surface area contributed by atoms with E-state index < -0.39 is 10.6 Å². The van der Waals surface area contributed by atoms with E-state index in [1.165, 1.54) is 12.1 Å². The molecule has 0 spiro atoms. The first kappa shape index (κ1) is 24.8. The van der Waals surface area contributed by atoms with Gasteiger partial charge in [0.1, 0.15) is 5.69 Å². The fraction of sp³-hybridized carbons (Fsp3) is 0.100. The van der Waals surface area contributed by atoms with Gasteiger partial charge in [-0.05, 0) is 48.5 Å². The van der Waals surface area contributed by atoms with Crippen LogP contribution in [-0.4, -0.2) is 25.8 Å². The summed E-state index contributed by atoms with van der Waals surface area (Å²) in [5, 5.41) is 29.5. The molecule has 10 nitrogen and oxygen atoms in total. The molecule has 0 bridgehead atoms. The highest BCUT2D eigenvalue weighted by molar-refractivity contribution is 6.30. The molecule has 4 aromatic carbocycles. The van der Waals surface area contributed by atoms with Crippen molar-refractivity contribution in [3.63, 3.8) is 0 Å². The Morgan fingerprint density at radius 2 is 1.68 bits per heavy atom. The Morgan fingerprint density at radius 1 is 0.951 bits per heavy atom. The van der Waals surface area contributed by atoms with Crippen LogP contribution in [0.2, 0.25) is 5.02 Å². The number of benzene rings is 4. The van der Waals surface area contributed by atoms with Gasteiger partial charge in [-0.2, -0.15) is 15.0 Å². The van der Waals surface area contributed by atoms with E-state index in [-0.39, 0.29) is 11.7 Å². The lowest BCUT2D eigenvalue weighted by Gasteiger charge is -2.37.